The van der Waals surface area contributed by atoms with Gasteiger partial charge >= 0.3 is 6.18 Å². The first-order valence-electron chi connectivity index (χ1n) is 8.03. The highest BCUT2D eigenvalue weighted by Gasteiger charge is 2.34. The normalized spacial score (nSPS) is 11.4. The maximum atomic E-state index is 12.7. The molecule has 0 unspecified atom stereocenters. The Morgan fingerprint density at radius 1 is 1.11 bits per heavy atom. The molecule has 9 heteroatoms. The number of likely N-dealkylation sites (N-methyl/N-ethyl adjacent to an activating group) is 1. The molecule has 140 valence electrons. The zero-order chi connectivity index (χ0) is 19.6. The third-order valence-corrected chi connectivity index (χ3v) is 3.99. The highest BCUT2D eigenvalue weighted by molar-refractivity contribution is 5.91. The van der Waals surface area contributed by atoms with Gasteiger partial charge < -0.3 is 0 Å². The summed E-state index contributed by atoms with van der Waals surface area (Å²) in [7, 11) is 1.48. The van der Waals surface area contributed by atoms with E-state index in [1.54, 1.807) is 12.1 Å². The maximum absolute atomic E-state index is 12.7. The maximum Gasteiger partial charge on any atom is 0.435 e. The van der Waals surface area contributed by atoms with E-state index in [1.807, 2.05) is 30.3 Å². The molecule has 1 aromatic carbocycles. The first kappa shape index (κ1) is 18.6. The molecule has 27 heavy (non-hydrogen) atoms. The van der Waals surface area contributed by atoms with Gasteiger partial charge in [0.1, 0.15) is 6.54 Å². The average molecular weight is 375 g/mol. The minimum absolute atomic E-state index is 0.245. The van der Waals surface area contributed by atoms with Crippen molar-refractivity contribution in [2.24, 2.45) is 0 Å². The van der Waals surface area contributed by atoms with Crippen molar-refractivity contribution in [3.63, 3.8) is 0 Å². The number of alkyl halides is 3. The van der Waals surface area contributed by atoms with Crippen molar-refractivity contribution in [2.45, 2.75) is 19.6 Å². The van der Waals surface area contributed by atoms with Crippen LogP contribution in [0.25, 0.3) is 11.3 Å². The number of anilines is 1. The minimum Gasteiger partial charge on any atom is -0.297 e. The second-order valence-corrected chi connectivity index (χ2v) is 5.92. The summed E-state index contributed by atoms with van der Waals surface area (Å²) in [5.74, 6) is -0.169. The van der Waals surface area contributed by atoms with Gasteiger partial charge in [-0.1, -0.05) is 30.3 Å². The molecule has 0 bridgehead atoms. The number of hydrogen-bond donors (Lipinski definition) is 0. The lowest BCUT2D eigenvalue weighted by atomic mass is 10.1. The lowest BCUT2D eigenvalue weighted by Crippen LogP contribution is -2.31. The predicted molar refractivity (Wildman–Crippen MR) is 92.8 cm³/mol. The van der Waals surface area contributed by atoms with Crippen LogP contribution in [0, 0.1) is 6.92 Å². The average Bonchev–Trinajstić information content (AvgIpc) is 3.03. The predicted octanol–water partition coefficient (Wildman–Crippen LogP) is 3.33. The Morgan fingerprint density at radius 2 is 1.81 bits per heavy atom. The van der Waals surface area contributed by atoms with Crippen LogP contribution in [0.4, 0.5) is 19.0 Å². The number of aromatic nitrogens is 4. The first-order valence-corrected chi connectivity index (χ1v) is 8.03. The Balaban J connectivity index is 1.73. The molecule has 0 aliphatic rings. The van der Waals surface area contributed by atoms with Crippen molar-refractivity contribution in [1.82, 2.24) is 20.0 Å². The molecule has 1 amide bonds. The Bertz CT molecular complexity index is 936. The Hall–Kier alpha value is -3.23. The molecule has 0 radical (unpaired) electrons. The zero-order valence-electron chi connectivity index (χ0n) is 14.6. The monoisotopic (exact) mass is 375 g/mol. The summed E-state index contributed by atoms with van der Waals surface area (Å²) in [6, 6.07) is 13.7. The first-order chi connectivity index (χ1) is 12.8. The zero-order valence-corrected chi connectivity index (χ0v) is 14.6. The van der Waals surface area contributed by atoms with E-state index in [-0.39, 0.29) is 12.2 Å². The van der Waals surface area contributed by atoms with Gasteiger partial charge in [-0.15, -0.1) is 10.2 Å². The summed E-state index contributed by atoms with van der Waals surface area (Å²) in [5, 5.41) is 11.6. The van der Waals surface area contributed by atoms with Gasteiger partial charge in [-0.25, -0.2) is 0 Å². The molecule has 0 aliphatic carbocycles. The van der Waals surface area contributed by atoms with Crippen LogP contribution < -0.4 is 4.90 Å². The van der Waals surface area contributed by atoms with Crippen LogP contribution in [0.5, 0.6) is 0 Å². The number of benzene rings is 1. The van der Waals surface area contributed by atoms with E-state index < -0.39 is 17.8 Å². The van der Waals surface area contributed by atoms with E-state index in [2.05, 4.69) is 15.3 Å². The summed E-state index contributed by atoms with van der Waals surface area (Å²) in [6.45, 7) is 1.13. The SMILES string of the molecule is Cc1cc(C(F)(F)F)nn1CC(=O)N(C)c1ccc(-c2ccccc2)nn1. The minimum atomic E-state index is -4.55. The lowest BCUT2D eigenvalue weighted by molar-refractivity contribution is -0.141. The van der Waals surface area contributed by atoms with Gasteiger partial charge in [-0.2, -0.15) is 18.3 Å². The third-order valence-electron chi connectivity index (χ3n) is 3.99. The Labute approximate surface area is 153 Å². The number of halogens is 3. The van der Waals surface area contributed by atoms with Crippen LogP contribution in [-0.2, 0) is 17.5 Å². The van der Waals surface area contributed by atoms with E-state index in [9.17, 15) is 18.0 Å². The van der Waals surface area contributed by atoms with Gasteiger partial charge in [0.2, 0.25) is 5.91 Å². The van der Waals surface area contributed by atoms with Gasteiger partial charge in [0.05, 0.1) is 5.69 Å². The summed E-state index contributed by atoms with van der Waals surface area (Å²) in [4.78, 5) is 13.6. The highest BCUT2D eigenvalue weighted by atomic mass is 19.4. The highest BCUT2D eigenvalue weighted by Crippen LogP contribution is 2.28. The number of carbonyl (C=O) groups is 1. The fourth-order valence-corrected chi connectivity index (χ4v) is 2.44. The number of carbonyl (C=O) groups excluding carboxylic acids is 1. The Kier molecular flexibility index (Phi) is 4.93. The molecule has 2 aromatic heterocycles. The fourth-order valence-electron chi connectivity index (χ4n) is 2.44. The van der Waals surface area contributed by atoms with Crippen molar-refractivity contribution in [2.75, 3.05) is 11.9 Å². The summed E-state index contributed by atoms with van der Waals surface area (Å²) >= 11 is 0. The van der Waals surface area contributed by atoms with Crippen molar-refractivity contribution in [3.05, 3.63) is 59.9 Å². The number of amides is 1. The van der Waals surface area contributed by atoms with Crippen LogP contribution in [0.1, 0.15) is 11.4 Å². The van der Waals surface area contributed by atoms with Crippen LogP contribution >= 0.6 is 0 Å². The van der Waals surface area contributed by atoms with Crippen molar-refractivity contribution >= 4 is 11.7 Å². The van der Waals surface area contributed by atoms with Crippen LogP contribution in [0.2, 0.25) is 0 Å². The van der Waals surface area contributed by atoms with Gasteiger partial charge in [-0.3, -0.25) is 14.4 Å². The van der Waals surface area contributed by atoms with E-state index in [4.69, 9.17) is 0 Å². The molecule has 0 saturated heterocycles. The van der Waals surface area contributed by atoms with Crippen molar-refractivity contribution < 1.29 is 18.0 Å². The van der Waals surface area contributed by atoms with Crippen molar-refractivity contribution in [3.8, 4) is 11.3 Å². The third kappa shape index (κ3) is 4.13. The van der Waals surface area contributed by atoms with E-state index in [0.29, 0.717) is 11.5 Å². The smallest absolute Gasteiger partial charge is 0.297 e. The molecule has 0 fully saturated rings. The lowest BCUT2D eigenvalue weighted by Gasteiger charge is -2.16. The topological polar surface area (TPSA) is 63.9 Å². The molecule has 2 heterocycles. The molecule has 6 nitrogen and oxygen atoms in total. The number of nitrogens with zero attached hydrogens (tertiary/aromatic N) is 5. The second-order valence-electron chi connectivity index (χ2n) is 5.92. The van der Waals surface area contributed by atoms with Gasteiger partial charge in [0.25, 0.3) is 0 Å². The molecule has 3 aromatic rings. The molecule has 0 saturated carbocycles. The second kappa shape index (κ2) is 7.18. The Morgan fingerprint density at radius 3 is 2.37 bits per heavy atom. The van der Waals surface area contributed by atoms with Crippen LogP contribution in [0.15, 0.2) is 48.5 Å². The van der Waals surface area contributed by atoms with Gasteiger partial charge in [0, 0.05) is 18.3 Å². The number of rotatable bonds is 4. The molecular formula is C18H16F3N5O. The molecule has 0 spiro atoms. The van der Waals surface area contributed by atoms with Crippen LogP contribution in [0.3, 0.4) is 0 Å². The largest absolute Gasteiger partial charge is 0.435 e. The standard InChI is InChI=1S/C18H16F3N5O/c1-12-10-15(18(19,20)21)24-26(12)11-17(27)25(2)16-9-8-14(22-23-16)13-6-4-3-5-7-13/h3-10H,11H2,1-2H3. The molecule has 0 N–H and O–H groups in total. The number of aryl methyl sites for hydroxylation is 1. The van der Waals surface area contributed by atoms with E-state index >= 15 is 0 Å². The molecule has 3 rings (SSSR count). The molecule has 0 aliphatic heterocycles. The molecule has 0 atom stereocenters. The summed E-state index contributed by atoms with van der Waals surface area (Å²) in [5.41, 5.74) is 0.757. The van der Waals surface area contributed by atoms with Gasteiger partial charge in [0.15, 0.2) is 11.5 Å². The molecular weight excluding hydrogens is 359 g/mol. The summed E-state index contributed by atoms with van der Waals surface area (Å²) < 4.78 is 39.2. The van der Waals surface area contributed by atoms with Crippen LogP contribution in [-0.4, -0.2) is 32.9 Å². The summed E-state index contributed by atoms with van der Waals surface area (Å²) in [6.07, 6.45) is -4.55. The quantitative estimate of drug-likeness (QED) is 0.702. The fraction of sp³-hybridized carbons (Fsp3) is 0.222. The number of hydrogen-bond acceptors (Lipinski definition) is 4. The van der Waals surface area contributed by atoms with E-state index in [0.717, 1.165) is 16.3 Å². The van der Waals surface area contributed by atoms with Gasteiger partial charge in [-0.05, 0) is 25.1 Å². The van der Waals surface area contributed by atoms with E-state index in [1.165, 1.54) is 18.9 Å². The van der Waals surface area contributed by atoms with Crippen molar-refractivity contribution in [1.29, 1.82) is 0 Å².